The summed E-state index contributed by atoms with van der Waals surface area (Å²) >= 11 is 0. The van der Waals surface area contributed by atoms with Crippen LogP contribution in [0.25, 0.3) is 0 Å². The van der Waals surface area contributed by atoms with E-state index in [1.165, 1.54) is 13.2 Å². The molecule has 0 aromatic heterocycles. The molecule has 20 heavy (non-hydrogen) atoms. The van der Waals surface area contributed by atoms with Crippen LogP contribution in [0.1, 0.15) is 13.3 Å². The van der Waals surface area contributed by atoms with Gasteiger partial charge in [-0.3, -0.25) is 10.1 Å². The number of sulfonamides is 1. The van der Waals surface area contributed by atoms with Gasteiger partial charge in [-0.25, -0.2) is 13.1 Å². The van der Waals surface area contributed by atoms with Crippen molar-refractivity contribution in [3.8, 4) is 0 Å². The van der Waals surface area contributed by atoms with Crippen molar-refractivity contribution >= 4 is 21.4 Å². The van der Waals surface area contributed by atoms with Crippen LogP contribution in [-0.4, -0.2) is 33.1 Å². The van der Waals surface area contributed by atoms with E-state index in [0.29, 0.717) is 6.42 Å². The highest BCUT2D eigenvalue weighted by Crippen LogP contribution is 2.24. The van der Waals surface area contributed by atoms with Gasteiger partial charge in [0.15, 0.2) is 0 Å². The first-order chi connectivity index (χ1) is 9.31. The van der Waals surface area contributed by atoms with Gasteiger partial charge < -0.3 is 10.5 Å². The number of rotatable bonds is 7. The van der Waals surface area contributed by atoms with Crippen LogP contribution in [0.2, 0.25) is 0 Å². The highest BCUT2D eigenvalue weighted by molar-refractivity contribution is 7.89. The molecule has 9 heteroatoms. The molecule has 1 rings (SSSR count). The van der Waals surface area contributed by atoms with E-state index in [9.17, 15) is 18.5 Å². The summed E-state index contributed by atoms with van der Waals surface area (Å²) in [7, 11) is -2.48. The molecular weight excluding hydrogens is 286 g/mol. The summed E-state index contributed by atoms with van der Waals surface area (Å²) in [6.45, 7) is 1.99. The van der Waals surface area contributed by atoms with E-state index in [4.69, 9.17) is 10.5 Å². The number of nitro groups is 1. The Bertz CT molecular complexity index is 588. The molecule has 0 aliphatic heterocycles. The maximum atomic E-state index is 12.2. The van der Waals surface area contributed by atoms with Crippen molar-refractivity contribution in [3.63, 3.8) is 0 Å². The van der Waals surface area contributed by atoms with E-state index in [1.54, 1.807) is 6.92 Å². The maximum absolute atomic E-state index is 12.2. The van der Waals surface area contributed by atoms with Crippen molar-refractivity contribution in [2.24, 2.45) is 0 Å². The summed E-state index contributed by atoms with van der Waals surface area (Å²) in [4.78, 5) is 9.72. The van der Waals surface area contributed by atoms with Gasteiger partial charge in [0.25, 0.3) is 5.69 Å². The van der Waals surface area contributed by atoms with E-state index in [-0.39, 0.29) is 22.9 Å². The molecule has 0 heterocycles. The number of nitrogens with zero attached hydrogens (tertiary/aromatic N) is 1. The second kappa shape index (κ2) is 6.64. The van der Waals surface area contributed by atoms with Crippen molar-refractivity contribution < 1.29 is 18.1 Å². The number of methoxy groups -OCH3 is 1. The van der Waals surface area contributed by atoms with Gasteiger partial charge in [-0.15, -0.1) is 0 Å². The van der Waals surface area contributed by atoms with E-state index in [2.05, 4.69) is 4.72 Å². The molecule has 1 aromatic rings. The standard InChI is InChI=1S/C11H17N3O5S/c1-3-8(7-19-2)13-20(17,18)11-6-9(14(15)16)4-5-10(11)12/h4-6,8,13H,3,7,12H2,1-2H3. The van der Waals surface area contributed by atoms with Crippen LogP contribution in [-0.2, 0) is 14.8 Å². The molecule has 0 aliphatic carbocycles. The van der Waals surface area contributed by atoms with Crippen molar-refractivity contribution in [3.05, 3.63) is 28.3 Å². The predicted octanol–water partition coefficient (Wildman–Crippen LogP) is 0.880. The molecule has 0 spiro atoms. The fourth-order valence-electron chi connectivity index (χ4n) is 1.59. The second-order valence-electron chi connectivity index (χ2n) is 4.16. The summed E-state index contributed by atoms with van der Waals surface area (Å²) in [5.41, 5.74) is 5.21. The highest BCUT2D eigenvalue weighted by atomic mass is 32.2. The lowest BCUT2D eigenvalue weighted by molar-refractivity contribution is -0.385. The van der Waals surface area contributed by atoms with Gasteiger partial charge in [-0.2, -0.15) is 0 Å². The van der Waals surface area contributed by atoms with E-state index in [0.717, 1.165) is 12.1 Å². The molecule has 0 amide bonds. The summed E-state index contributed by atoms with van der Waals surface area (Å²) < 4.78 is 31.7. The molecule has 0 aliphatic rings. The molecule has 8 nitrogen and oxygen atoms in total. The van der Waals surface area contributed by atoms with Crippen molar-refractivity contribution in [1.29, 1.82) is 0 Å². The van der Waals surface area contributed by atoms with Gasteiger partial charge >= 0.3 is 0 Å². The first kappa shape index (κ1) is 16.3. The minimum absolute atomic E-state index is 0.0460. The third-order valence-electron chi connectivity index (χ3n) is 2.68. The Morgan fingerprint density at radius 3 is 2.65 bits per heavy atom. The van der Waals surface area contributed by atoms with Crippen LogP contribution in [0.5, 0.6) is 0 Å². The SMILES string of the molecule is CCC(COC)NS(=O)(=O)c1cc([N+](=O)[O-])ccc1N. The Kier molecular flexibility index (Phi) is 5.43. The van der Waals surface area contributed by atoms with Gasteiger partial charge in [0.2, 0.25) is 10.0 Å². The van der Waals surface area contributed by atoms with Crippen molar-refractivity contribution in [1.82, 2.24) is 4.72 Å². The smallest absolute Gasteiger partial charge is 0.270 e. The Morgan fingerprint density at radius 1 is 1.50 bits per heavy atom. The van der Waals surface area contributed by atoms with Crippen LogP contribution in [0.15, 0.2) is 23.1 Å². The van der Waals surface area contributed by atoms with Crippen LogP contribution in [0.4, 0.5) is 11.4 Å². The number of nitrogens with one attached hydrogen (secondary N) is 1. The Labute approximate surface area is 117 Å². The lowest BCUT2D eigenvalue weighted by Crippen LogP contribution is -2.37. The Balaban J connectivity index is 3.14. The monoisotopic (exact) mass is 303 g/mol. The molecule has 0 radical (unpaired) electrons. The van der Waals surface area contributed by atoms with Crippen LogP contribution in [0, 0.1) is 10.1 Å². The second-order valence-corrected chi connectivity index (χ2v) is 5.84. The zero-order valence-electron chi connectivity index (χ0n) is 11.2. The van der Waals surface area contributed by atoms with Crippen LogP contribution < -0.4 is 10.5 Å². The first-order valence-corrected chi connectivity index (χ1v) is 7.35. The molecule has 0 bridgehead atoms. The minimum atomic E-state index is -3.94. The molecule has 1 unspecified atom stereocenters. The van der Waals surface area contributed by atoms with Crippen LogP contribution >= 0.6 is 0 Å². The number of nitro benzene ring substituents is 1. The van der Waals surface area contributed by atoms with E-state index >= 15 is 0 Å². The normalized spacial score (nSPS) is 13.1. The third kappa shape index (κ3) is 3.89. The van der Waals surface area contributed by atoms with Gasteiger partial charge in [0, 0.05) is 25.3 Å². The third-order valence-corrected chi connectivity index (χ3v) is 4.26. The highest BCUT2D eigenvalue weighted by Gasteiger charge is 2.23. The average Bonchev–Trinajstić information content (AvgIpc) is 2.37. The van der Waals surface area contributed by atoms with E-state index < -0.39 is 21.0 Å². The maximum Gasteiger partial charge on any atom is 0.270 e. The van der Waals surface area contributed by atoms with E-state index in [1.807, 2.05) is 0 Å². The molecular formula is C11H17N3O5S. The summed E-state index contributed by atoms with van der Waals surface area (Å²) in [5.74, 6) is 0. The number of non-ortho nitro benzene ring substituents is 1. The predicted molar refractivity (Wildman–Crippen MR) is 73.8 cm³/mol. The van der Waals surface area contributed by atoms with Gasteiger partial charge in [-0.05, 0) is 12.5 Å². The molecule has 1 atom stereocenters. The summed E-state index contributed by atoms with van der Waals surface area (Å²) in [6, 6.07) is 2.87. The lowest BCUT2D eigenvalue weighted by atomic mass is 10.3. The lowest BCUT2D eigenvalue weighted by Gasteiger charge is -2.16. The molecule has 1 aromatic carbocycles. The number of nitrogen functional groups attached to an aromatic ring is 1. The molecule has 0 saturated carbocycles. The fraction of sp³-hybridized carbons (Fsp3) is 0.455. The molecule has 3 N–H and O–H groups in total. The van der Waals surface area contributed by atoms with Gasteiger partial charge in [-0.1, -0.05) is 6.92 Å². The number of benzene rings is 1. The zero-order valence-corrected chi connectivity index (χ0v) is 12.0. The average molecular weight is 303 g/mol. The number of anilines is 1. The molecule has 0 fully saturated rings. The summed E-state index contributed by atoms with van der Waals surface area (Å²) in [5, 5.41) is 10.7. The van der Waals surface area contributed by atoms with Gasteiger partial charge in [0.05, 0.1) is 17.2 Å². The first-order valence-electron chi connectivity index (χ1n) is 5.87. The number of hydrogen-bond donors (Lipinski definition) is 2. The molecule has 112 valence electrons. The topological polar surface area (TPSA) is 125 Å². The van der Waals surface area contributed by atoms with Crippen molar-refractivity contribution in [2.45, 2.75) is 24.3 Å². The Hall–Kier alpha value is -1.71. The number of ether oxygens (including phenoxy) is 1. The van der Waals surface area contributed by atoms with Crippen LogP contribution in [0.3, 0.4) is 0 Å². The number of hydrogen-bond acceptors (Lipinski definition) is 6. The largest absolute Gasteiger partial charge is 0.398 e. The Morgan fingerprint density at radius 2 is 2.15 bits per heavy atom. The quantitative estimate of drug-likeness (QED) is 0.437. The number of nitrogens with two attached hydrogens (primary N) is 1. The van der Waals surface area contributed by atoms with Gasteiger partial charge in [0.1, 0.15) is 4.90 Å². The minimum Gasteiger partial charge on any atom is -0.398 e. The zero-order chi connectivity index (χ0) is 15.3. The molecule has 0 saturated heterocycles. The summed E-state index contributed by atoms with van der Waals surface area (Å²) in [6.07, 6.45) is 0.516. The van der Waals surface area contributed by atoms with Crippen molar-refractivity contribution in [2.75, 3.05) is 19.5 Å². The fourth-order valence-corrected chi connectivity index (χ4v) is 3.04.